The second-order valence-corrected chi connectivity index (χ2v) is 5.50. The molecule has 0 heterocycles. The molecule has 102 valence electrons. The zero-order valence-electron chi connectivity index (χ0n) is 10.4. The van der Waals surface area contributed by atoms with Crippen molar-refractivity contribution in [3.8, 4) is 0 Å². The van der Waals surface area contributed by atoms with Crippen molar-refractivity contribution in [3.05, 3.63) is 25.3 Å². The van der Waals surface area contributed by atoms with Crippen molar-refractivity contribution < 1.29 is 9.59 Å². The van der Waals surface area contributed by atoms with Crippen LogP contribution in [-0.2, 0) is 9.59 Å². The third-order valence-electron chi connectivity index (χ3n) is 1.73. The summed E-state index contributed by atoms with van der Waals surface area (Å²) in [4.78, 5) is 22.4. The highest BCUT2D eigenvalue weighted by molar-refractivity contribution is 8.03. The van der Waals surface area contributed by atoms with Gasteiger partial charge in [0.1, 0.15) is 0 Å². The normalized spacial score (nSPS) is 9.56. The second-order valence-electron chi connectivity index (χ2n) is 3.29. The third kappa shape index (κ3) is 11.6. The molecule has 0 rings (SSSR count). The minimum Gasteiger partial charge on any atom is -0.352 e. The summed E-state index contributed by atoms with van der Waals surface area (Å²) in [5, 5.41) is 5.41. The average Bonchev–Trinajstić information content (AvgIpc) is 2.37. The average molecular weight is 288 g/mol. The molecule has 0 aromatic rings. The highest BCUT2D eigenvalue weighted by atomic mass is 32.2. The summed E-state index contributed by atoms with van der Waals surface area (Å²) in [6.45, 7) is 8.07. The fourth-order valence-corrected chi connectivity index (χ4v) is 2.73. The van der Waals surface area contributed by atoms with Gasteiger partial charge in [-0.3, -0.25) is 9.59 Å². The van der Waals surface area contributed by atoms with E-state index in [1.165, 1.54) is 0 Å². The zero-order valence-corrected chi connectivity index (χ0v) is 12.1. The SMILES string of the molecule is C=CCNC(=O)CSCCSCC(=O)NCC=C. The van der Waals surface area contributed by atoms with Crippen molar-refractivity contribution in [1.82, 2.24) is 10.6 Å². The van der Waals surface area contributed by atoms with E-state index in [9.17, 15) is 9.59 Å². The summed E-state index contributed by atoms with van der Waals surface area (Å²) in [7, 11) is 0. The number of thioether (sulfide) groups is 2. The first-order valence-electron chi connectivity index (χ1n) is 5.61. The third-order valence-corrected chi connectivity index (χ3v) is 3.90. The lowest BCUT2D eigenvalue weighted by Gasteiger charge is -2.03. The number of hydrogen-bond acceptors (Lipinski definition) is 4. The molecule has 2 N–H and O–H groups in total. The molecule has 0 aromatic carbocycles. The van der Waals surface area contributed by atoms with Gasteiger partial charge in [-0.25, -0.2) is 0 Å². The van der Waals surface area contributed by atoms with E-state index in [1.807, 2.05) is 0 Å². The van der Waals surface area contributed by atoms with Crippen LogP contribution in [-0.4, -0.2) is 47.9 Å². The van der Waals surface area contributed by atoms with E-state index in [2.05, 4.69) is 23.8 Å². The molecule has 2 amide bonds. The van der Waals surface area contributed by atoms with Crippen LogP contribution in [0.3, 0.4) is 0 Å². The molecular formula is C12H20N2O2S2. The Morgan fingerprint density at radius 1 is 0.889 bits per heavy atom. The molecule has 0 atom stereocenters. The summed E-state index contributed by atoms with van der Waals surface area (Å²) < 4.78 is 0. The van der Waals surface area contributed by atoms with E-state index in [0.717, 1.165) is 11.5 Å². The van der Waals surface area contributed by atoms with Crippen LogP contribution in [0, 0.1) is 0 Å². The van der Waals surface area contributed by atoms with Gasteiger partial charge in [0.2, 0.25) is 11.8 Å². The minimum atomic E-state index is 0.0219. The molecule has 0 aliphatic rings. The van der Waals surface area contributed by atoms with E-state index in [1.54, 1.807) is 35.7 Å². The Balaban J connectivity index is 3.29. The van der Waals surface area contributed by atoms with Crippen molar-refractivity contribution in [2.75, 3.05) is 36.1 Å². The van der Waals surface area contributed by atoms with Gasteiger partial charge in [-0.15, -0.1) is 13.2 Å². The minimum absolute atomic E-state index is 0.0219. The van der Waals surface area contributed by atoms with Crippen LogP contribution in [0.25, 0.3) is 0 Å². The predicted molar refractivity (Wildman–Crippen MR) is 81.1 cm³/mol. The molecular weight excluding hydrogens is 268 g/mol. The van der Waals surface area contributed by atoms with Crippen LogP contribution in [0.5, 0.6) is 0 Å². The van der Waals surface area contributed by atoms with Gasteiger partial charge in [0.15, 0.2) is 0 Å². The largest absolute Gasteiger partial charge is 0.352 e. The molecule has 0 fully saturated rings. The number of amides is 2. The lowest BCUT2D eigenvalue weighted by atomic mass is 10.6. The smallest absolute Gasteiger partial charge is 0.230 e. The van der Waals surface area contributed by atoms with E-state index < -0.39 is 0 Å². The van der Waals surface area contributed by atoms with Crippen molar-refractivity contribution in [2.24, 2.45) is 0 Å². The van der Waals surface area contributed by atoms with E-state index in [0.29, 0.717) is 24.6 Å². The van der Waals surface area contributed by atoms with Crippen molar-refractivity contribution in [1.29, 1.82) is 0 Å². The summed E-state index contributed by atoms with van der Waals surface area (Å²) >= 11 is 3.13. The van der Waals surface area contributed by atoms with Crippen molar-refractivity contribution >= 4 is 35.3 Å². The fourth-order valence-electron chi connectivity index (χ4n) is 0.922. The molecule has 0 aliphatic carbocycles. The highest BCUT2D eigenvalue weighted by Crippen LogP contribution is 2.06. The van der Waals surface area contributed by atoms with Gasteiger partial charge in [-0.05, 0) is 0 Å². The van der Waals surface area contributed by atoms with Crippen LogP contribution in [0.4, 0.5) is 0 Å². The number of hydrogen-bond donors (Lipinski definition) is 2. The Hall–Kier alpha value is -0.880. The Bertz CT molecular complexity index is 255. The summed E-state index contributed by atoms with van der Waals surface area (Å²) in [6, 6.07) is 0. The van der Waals surface area contributed by atoms with Gasteiger partial charge in [0.25, 0.3) is 0 Å². The second kappa shape index (κ2) is 12.6. The number of rotatable bonds is 11. The molecule has 0 spiro atoms. The summed E-state index contributed by atoms with van der Waals surface area (Å²) in [5.74, 6) is 2.68. The molecule has 0 aliphatic heterocycles. The molecule has 18 heavy (non-hydrogen) atoms. The van der Waals surface area contributed by atoms with Gasteiger partial charge < -0.3 is 10.6 Å². The lowest BCUT2D eigenvalue weighted by Crippen LogP contribution is -2.25. The van der Waals surface area contributed by atoms with Gasteiger partial charge in [-0.1, -0.05) is 12.2 Å². The van der Waals surface area contributed by atoms with Crippen LogP contribution in [0.1, 0.15) is 0 Å². The van der Waals surface area contributed by atoms with E-state index >= 15 is 0 Å². The Kier molecular flexibility index (Phi) is 12.0. The fraction of sp³-hybridized carbons (Fsp3) is 0.500. The lowest BCUT2D eigenvalue weighted by molar-refractivity contribution is -0.119. The molecule has 0 saturated heterocycles. The maximum Gasteiger partial charge on any atom is 0.230 e. The first-order chi connectivity index (χ1) is 8.70. The molecule has 0 radical (unpaired) electrons. The molecule has 0 saturated carbocycles. The molecule has 6 heteroatoms. The molecule has 0 bridgehead atoms. The quantitative estimate of drug-likeness (QED) is 0.441. The van der Waals surface area contributed by atoms with Crippen LogP contribution in [0.2, 0.25) is 0 Å². The Morgan fingerprint density at radius 3 is 1.61 bits per heavy atom. The number of nitrogens with one attached hydrogen (secondary N) is 2. The van der Waals surface area contributed by atoms with Crippen LogP contribution in [0.15, 0.2) is 25.3 Å². The monoisotopic (exact) mass is 288 g/mol. The maximum absolute atomic E-state index is 11.2. The predicted octanol–water partition coefficient (Wildman–Crippen LogP) is 1.06. The molecule has 4 nitrogen and oxygen atoms in total. The standard InChI is InChI=1S/C12H20N2O2S2/c1-3-5-13-11(15)9-17-7-8-18-10-12(16)14-6-4-2/h3-4H,1-2,5-10H2,(H,13,15)(H,14,16). The van der Waals surface area contributed by atoms with Gasteiger partial charge in [0.05, 0.1) is 11.5 Å². The maximum atomic E-state index is 11.2. The van der Waals surface area contributed by atoms with Gasteiger partial charge in [0, 0.05) is 24.6 Å². The summed E-state index contributed by atoms with van der Waals surface area (Å²) in [6.07, 6.45) is 3.31. The number of carbonyl (C=O) groups is 2. The first kappa shape index (κ1) is 17.1. The van der Waals surface area contributed by atoms with Crippen LogP contribution >= 0.6 is 23.5 Å². The topological polar surface area (TPSA) is 58.2 Å². The van der Waals surface area contributed by atoms with Gasteiger partial charge in [-0.2, -0.15) is 23.5 Å². The van der Waals surface area contributed by atoms with Crippen molar-refractivity contribution in [2.45, 2.75) is 0 Å². The van der Waals surface area contributed by atoms with E-state index in [4.69, 9.17) is 0 Å². The Morgan fingerprint density at radius 2 is 1.28 bits per heavy atom. The molecule has 0 aromatic heterocycles. The Labute approximate surface area is 117 Å². The number of carbonyl (C=O) groups excluding carboxylic acids is 2. The van der Waals surface area contributed by atoms with E-state index in [-0.39, 0.29) is 11.8 Å². The first-order valence-corrected chi connectivity index (χ1v) is 7.92. The molecule has 0 unspecified atom stereocenters. The van der Waals surface area contributed by atoms with Crippen LogP contribution < -0.4 is 10.6 Å². The zero-order chi connectivity index (χ0) is 13.6. The summed E-state index contributed by atoms with van der Waals surface area (Å²) in [5.41, 5.74) is 0. The van der Waals surface area contributed by atoms with Gasteiger partial charge >= 0.3 is 0 Å². The van der Waals surface area contributed by atoms with Crippen molar-refractivity contribution in [3.63, 3.8) is 0 Å². The highest BCUT2D eigenvalue weighted by Gasteiger charge is 2.01.